The molecule has 5 N–H and O–H groups in total. The van der Waals surface area contributed by atoms with E-state index in [1.165, 1.54) is 16.7 Å². The third-order valence-corrected chi connectivity index (χ3v) is 13.1. The fourth-order valence-corrected chi connectivity index (χ4v) is 9.79. The second-order valence-electron chi connectivity index (χ2n) is 15.0. The molecule has 0 saturated heterocycles. The van der Waals surface area contributed by atoms with Crippen LogP contribution in [0.5, 0.6) is 0 Å². The second-order valence-corrected chi connectivity index (χ2v) is 16.7. The molecular formula is C48H45N11S2. The van der Waals surface area contributed by atoms with Gasteiger partial charge in [0.15, 0.2) is 0 Å². The first-order valence-electron chi connectivity index (χ1n) is 20.7. The van der Waals surface area contributed by atoms with E-state index < -0.39 is 0 Å². The number of H-pyrrole nitrogens is 4. The number of aromatic amines is 4. The summed E-state index contributed by atoms with van der Waals surface area (Å²) in [7, 11) is 2.04. The summed E-state index contributed by atoms with van der Waals surface area (Å²) in [5.74, 6) is 2.12. The molecule has 8 aromatic heterocycles. The summed E-state index contributed by atoms with van der Waals surface area (Å²) in [4.78, 5) is 20.8. The van der Waals surface area contributed by atoms with Crippen molar-refractivity contribution in [2.45, 2.75) is 33.6 Å². The molecule has 304 valence electrons. The lowest BCUT2D eigenvalue weighted by Gasteiger charge is -2.14. The molecule has 0 unspecified atom stereocenters. The normalized spacial score (nSPS) is 14.0. The highest BCUT2D eigenvalue weighted by atomic mass is 32.2. The van der Waals surface area contributed by atoms with Gasteiger partial charge in [0.25, 0.3) is 0 Å². The van der Waals surface area contributed by atoms with Gasteiger partial charge in [-0.05, 0) is 108 Å². The van der Waals surface area contributed by atoms with E-state index in [4.69, 9.17) is 0 Å². The second kappa shape index (κ2) is 16.5. The van der Waals surface area contributed by atoms with Crippen molar-refractivity contribution in [2.24, 2.45) is 7.05 Å². The molecule has 0 saturated carbocycles. The highest BCUT2D eigenvalue weighted by molar-refractivity contribution is 8.02. The van der Waals surface area contributed by atoms with Gasteiger partial charge in [-0.1, -0.05) is 32.1 Å². The van der Waals surface area contributed by atoms with Crippen LogP contribution in [0.15, 0.2) is 108 Å². The molecule has 0 bridgehead atoms. The number of thioether (sulfide) groups is 1. The van der Waals surface area contributed by atoms with Gasteiger partial charge in [-0.3, -0.25) is 20.2 Å². The molecule has 2 aliphatic heterocycles. The number of benzene rings is 2. The predicted octanol–water partition coefficient (Wildman–Crippen LogP) is 11.5. The maximum atomic E-state index is 4.67. The van der Waals surface area contributed by atoms with Gasteiger partial charge in [0.2, 0.25) is 0 Å². The number of thiophene rings is 1. The zero-order valence-electron chi connectivity index (χ0n) is 34.4. The Morgan fingerprint density at radius 1 is 0.639 bits per heavy atom. The molecule has 0 fully saturated rings. The molecule has 0 atom stereocenters. The van der Waals surface area contributed by atoms with Gasteiger partial charge >= 0.3 is 0 Å². The van der Waals surface area contributed by atoms with E-state index in [2.05, 4.69) is 132 Å². The zero-order chi connectivity index (χ0) is 41.5. The molecule has 0 spiro atoms. The summed E-state index contributed by atoms with van der Waals surface area (Å²) < 4.78 is 2.11. The number of nitrogens with one attached hydrogen (secondary N) is 5. The van der Waals surface area contributed by atoms with Crippen LogP contribution in [0.3, 0.4) is 0 Å². The maximum Gasteiger partial charge on any atom is 0.116 e. The van der Waals surface area contributed by atoms with Crippen LogP contribution in [0.4, 0.5) is 0 Å². The van der Waals surface area contributed by atoms with Crippen molar-refractivity contribution < 1.29 is 0 Å². The van der Waals surface area contributed by atoms with Crippen LogP contribution in [0.25, 0.3) is 100 Å². The van der Waals surface area contributed by atoms with Crippen molar-refractivity contribution in [3.8, 4) is 45.3 Å². The fourth-order valence-electron chi connectivity index (χ4n) is 8.26. The topological polar surface area (TPSA) is 145 Å². The molecular weight excluding hydrogens is 795 g/mol. The summed E-state index contributed by atoms with van der Waals surface area (Å²) >= 11 is 3.54. The molecule has 10 heterocycles. The Morgan fingerprint density at radius 3 is 1.90 bits per heavy atom. The van der Waals surface area contributed by atoms with Crippen molar-refractivity contribution in [3.05, 3.63) is 125 Å². The minimum atomic E-state index is 0.919. The number of pyridine rings is 2. The van der Waals surface area contributed by atoms with Crippen LogP contribution >= 0.6 is 23.1 Å². The lowest BCUT2D eigenvalue weighted by atomic mass is 9.98. The third kappa shape index (κ3) is 7.18. The average molecular weight is 840 g/mol. The fraction of sp³-hybridized carbons (Fsp3) is 0.188. The Bertz CT molecular complexity index is 3240. The number of imidazole rings is 1. The van der Waals surface area contributed by atoms with E-state index in [1.54, 1.807) is 11.3 Å². The van der Waals surface area contributed by atoms with Gasteiger partial charge in [-0.2, -0.15) is 21.5 Å². The summed E-state index contributed by atoms with van der Waals surface area (Å²) in [5.41, 5.74) is 17.5. The van der Waals surface area contributed by atoms with Crippen LogP contribution < -0.4 is 5.32 Å². The van der Waals surface area contributed by atoms with E-state index in [-0.39, 0.29) is 0 Å². The van der Waals surface area contributed by atoms with Crippen molar-refractivity contribution in [1.29, 1.82) is 0 Å². The minimum absolute atomic E-state index is 0.919. The monoisotopic (exact) mass is 839 g/mol. The average Bonchev–Trinajstić information content (AvgIpc) is 4.16. The molecule has 10 aromatic rings. The van der Waals surface area contributed by atoms with Crippen LogP contribution in [-0.2, 0) is 7.05 Å². The van der Waals surface area contributed by atoms with Gasteiger partial charge in [0.1, 0.15) is 17.2 Å². The van der Waals surface area contributed by atoms with E-state index in [0.29, 0.717) is 0 Å². The molecule has 0 radical (unpaired) electrons. The van der Waals surface area contributed by atoms with Gasteiger partial charge in [-0.15, -0.1) is 11.8 Å². The highest BCUT2D eigenvalue weighted by Crippen LogP contribution is 2.38. The highest BCUT2D eigenvalue weighted by Gasteiger charge is 2.19. The Hall–Kier alpha value is -6.54. The first-order valence-corrected chi connectivity index (χ1v) is 22.7. The lowest BCUT2D eigenvalue weighted by Crippen LogP contribution is -2.19. The van der Waals surface area contributed by atoms with Crippen LogP contribution in [0, 0.1) is 6.92 Å². The Labute approximate surface area is 360 Å². The Morgan fingerprint density at radius 2 is 1.30 bits per heavy atom. The molecule has 11 nitrogen and oxygen atoms in total. The van der Waals surface area contributed by atoms with Crippen molar-refractivity contribution in [2.75, 3.05) is 18.8 Å². The number of fused-ring (bicyclic) bond motifs is 4. The maximum absolute atomic E-state index is 4.67. The standard InChI is InChI=1S/C23H20N6S.C23H19N5S.C2H6/c1-13-25-11-21(29(13)2)14-3-4-19-16(9-14)23(28-27-19)20-10-17-18(26-20)5-7-24-22(17)15-6-8-30-12-15;1-2-20-17(11-15(1)14-3-7-24-8-4-14)23(28-27-20)21-12-18-19(26-21)5-9-25-22(18)16-6-10-29-13-16;1-2/h3-5,7,9-12,26H,6,8H2,1-2H3,(H,27,28);1-3,5-6,9-13,24,26H,4,7-8H2,(H,27,28);1-2H3. The van der Waals surface area contributed by atoms with Gasteiger partial charge in [-0.25, -0.2) is 4.98 Å². The van der Waals surface area contributed by atoms with E-state index in [0.717, 1.165) is 132 Å². The predicted molar refractivity (Wildman–Crippen MR) is 254 cm³/mol. The van der Waals surface area contributed by atoms with Crippen molar-refractivity contribution >= 4 is 77.9 Å². The van der Waals surface area contributed by atoms with E-state index in [1.807, 2.05) is 70.3 Å². The van der Waals surface area contributed by atoms with Crippen LogP contribution in [-0.4, -0.2) is 68.7 Å². The van der Waals surface area contributed by atoms with Crippen molar-refractivity contribution in [3.63, 3.8) is 0 Å². The molecule has 13 heteroatoms. The first-order chi connectivity index (χ1) is 30.1. The molecule has 12 rings (SSSR count). The summed E-state index contributed by atoms with van der Waals surface area (Å²) in [6, 6.07) is 23.5. The van der Waals surface area contributed by atoms with E-state index in [9.17, 15) is 0 Å². The molecule has 2 aromatic carbocycles. The molecule has 0 aliphatic carbocycles. The van der Waals surface area contributed by atoms with Crippen LogP contribution in [0.1, 0.15) is 43.8 Å². The van der Waals surface area contributed by atoms with E-state index >= 15 is 0 Å². The zero-order valence-corrected chi connectivity index (χ0v) is 36.1. The number of hydrogen-bond donors (Lipinski definition) is 5. The molecule has 2 aliphatic rings. The number of aromatic nitrogens is 10. The summed E-state index contributed by atoms with van der Waals surface area (Å²) in [5, 5.41) is 30.0. The Kier molecular flexibility index (Phi) is 10.4. The van der Waals surface area contributed by atoms with Gasteiger partial charge in [0.05, 0.1) is 45.7 Å². The molecule has 0 amide bonds. The number of aryl methyl sites for hydroxylation is 1. The number of allylic oxidation sites excluding steroid dienone is 1. The smallest absolute Gasteiger partial charge is 0.116 e. The third-order valence-electron chi connectivity index (χ3n) is 11.5. The quantitative estimate of drug-likeness (QED) is 0.112. The Balaban J connectivity index is 0.000000141. The largest absolute Gasteiger partial charge is 0.353 e. The SMILES string of the molecule is C1=C(c2ccc3[nH]nc(-c4cc5c(-c6ccsc6)nccc5[nH]4)c3c2)CCNC1.CC.Cc1ncc(-c2ccc3[nH]nc(-c4cc5c(C6=CSCC6)nccc5[nH]4)c3c2)n1C. The summed E-state index contributed by atoms with van der Waals surface area (Å²) in [6.45, 7) is 7.98. The first kappa shape index (κ1) is 38.6. The lowest BCUT2D eigenvalue weighted by molar-refractivity contribution is 0.739. The number of nitrogens with zero attached hydrogens (tertiary/aromatic N) is 6. The minimum Gasteiger partial charge on any atom is -0.353 e. The number of rotatable bonds is 6. The number of hydrogen-bond acceptors (Lipinski definition) is 8. The van der Waals surface area contributed by atoms with Gasteiger partial charge < -0.3 is 19.9 Å². The van der Waals surface area contributed by atoms with Crippen molar-refractivity contribution in [1.82, 2.24) is 55.2 Å². The molecule has 61 heavy (non-hydrogen) atoms. The van der Waals surface area contributed by atoms with Gasteiger partial charge in [0, 0.05) is 80.8 Å². The summed E-state index contributed by atoms with van der Waals surface area (Å²) in [6.07, 6.45) is 10.1. The van der Waals surface area contributed by atoms with Crippen LogP contribution in [0.2, 0.25) is 0 Å².